The predicted octanol–water partition coefficient (Wildman–Crippen LogP) is 3.93. The van der Waals surface area contributed by atoms with Crippen LogP contribution in [0, 0.1) is 5.92 Å². The number of hydrogen-bond donors (Lipinski definition) is 1. The molecule has 0 heterocycles. The van der Waals surface area contributed by atoms with Gasteiger partial charge in [-0.15, -0.1) is 0 Å². The zero-order chi connectivity index (χ0) is 13.5. The van der Waals surface area contributed by atoms with Gasteiger partial charge in [0.1, 0.15) is 0 Å². The Kier molecular flexibility index (Phi) is 5.37. The molecule has 0 amide bonds. The van der Waals surface area contributed by atoms with Gasteiger partial charge in [-0.1, -0.05) is 50.3 Å². The first kappa shape index (κ1) is 14.2. The SMILES string of the molecule is C/C(=C\C=C\C(=O)O)c1ccc(CC(C)C)cc1. The smallest absolute Gasteiger partial charge is 0.328 e. The van der Waals surface area contributed by atoms with Crippen LogP contribution in [0.4, 0.5) is 0 Å². The van der Waals surface area contributed by atoms with Crippen molar-refractivity contribution in [1.29, 1.82) is 0 Å². The topological polar surface area (TPSA) is 37.3 Å². The van der Waals surface area contributed by atoms with Gasteiger partial charge >= 0.3 is 5.97 Å². The van der Waals surface area contributed by atoms with Gasteiger partial charge in [-0.05, 0) is 36.0 Å². The average Bonchev–Trinajstić information content (AvgIpc) is 2.28. The molecule has 1 N–H and O–H groups in total. The second-order valence-electron chi connectivity index (χ2n) is 4.84. The van der Waals surface area contributed by atoms with E-state index < -0.39 is 5.97 Å². The third-order valence-electron chi connectivity index (χ3n) is 2.64. The molecule has 1 aromatic rings. The van der Waals surface area contributed by atoms with Gasteiger partial charge < -0.3 is 5.11 Å². The molecule has 0 saturated heterocycles. The molecule has 0 radical (unpaired) electrons. The van der Waals surface area contributed by atoms with E-state index >= 15 is 0 Å². The molecule has 96 valence electrons. The minimum atomic E-state index is -0.925. The van der Waals surface area contributed by atoms with Crippen LogP contribution in [0.5, 0.6) is 0 Å². The normalized spacial score (nSPS) is 12.3. The lowest BCUT2D eigenvalue weighted by Crippen LogP contribution is -1.93. The molecule has 0 atom stereocenters. The van der Waals surface area contributed by atoms with Crippen LogP contribution < -0.4 is 0 Å². The van der Waals surface area contributed by atoms with E-state index in [1.165, 1.54) is 5.56 Å². The zero-order valence-corrected chi connectivity index (χ0v) is 11.2. The highest BCUT2D eigenvalue weighted by Gasteiger charge is 1.99. The van der Waals surface area contributed by atoms with Gasteiger partial charge in [0.05, 0.1) is 0 Å². The number of benzene rings is 1. The van der Waals surface area contributed by atoms with E-state index in [2.05, 4.69) is 38.1 Å². The van der Waals surface area contributed by atoms with Crippen molar-refractivity contribution < 1.29 is 9.90 Å². The molecule has 18 heavy (non-hydrogen) atoms. The molecule has 0 saturated carbocycles. The van der Waals surface area contributed by atoms with Crippen LogP contribution in [0.25, 0.3) is 5.57 Å². The highest BCUT2D eigenvalue weighted by Crippen LogP contribution is 2.16. The van der Waals surface area contributed by atoms with Crippen molar-refractivity contribution in [3.8, 4) is 0 Å². The summed E-state index contributed by atoms with van der Waals surface area (Å²) in [6.07, 6.45) is 5.59. The standard InChI is InChI=1S/C16H20O2/c1-12(2)11-14-7-9-15(10-8-14)13(3)5-4-6-16(17)18/h4-10,12H,11H2,1-3H3,(H,17,18)/b6-4+,13-5+. The highest BCUT2D eigenvalue weighted by molar-refractivity contribution is 5.80. The molecule has 1 aromatic carbocycles. The highest BCUT2D eigenvalue weighted by atomic mass is 16.4. The van der Waals surface area contributed by atoms with Crippen molar-refractivity contribution in [3.63, 3.8) is 0 Å². The fraction of sp³-hybridized carbons (Fsp3) is 0.312. The molecule has 0 aliphatic rings. The van der Waals surface area contributed by atoms with Gasteiger partial charge in [-0.2, -0.15) is 0 Å². The molecule has 0 aliphatic heterocycles. The zero-order valence-electron chi connectivity index (χ0n) is 11.2. The third kappa shape index (κ3) is 5.00. The van der Waals surface area contributed by atoms with E-state index in [0.29, 0.717) is 5.92 Å². The molecular formula is C16H20O2. The summed E-state index contributed by atoms with van der Waals surface area (Å²) in [5, 5.41) is 8.50. The second kappa shape index (κ2) is 6.80. The molecule has 0 bridgehead atoms. The fourth-order valence-electron chi connectivity index (χ4n) is 1.75. The number of rotatable bonds is 5. The van der Waals surface area contributed by atoms with E-state index in [-0.39, 0.29) is 0 Å². The Morgan fingerprint density at radius 2 is 1.89 bits per heavy atom. The summed E-state index contributed by atoms with van der Waals surface area (Å²) in [4.78, 5) is 10.3. The van der Waals surface area contributed by atoms with Gasteiger partial charge in [0.15, 0.2) is 0 Å². The molecule has 0 unspecified atom stereocenters. The van der Waals surface area contributed by atoms with Crippen LogP contribution in [-0.2, 0) is 11.2 Å². The van der Waals surface area contributed by atoms with Crippen LogP contribution in [0.1, 0.15) is 31.9 Å². The van der Waals surface area contributed by atoms with Crippen molar-refractivity contribution in [1.82, 2.24) is 0 Å². The number of carboxylic acid groups (broad SMARTS) is 1. The number of aliphatic carboxylic acids is 1. The Labute approximate surface area is 109 Å². The van der Waals surface area contributed by atoms with Gasteiger partial charge in [-0.3, -0.25) is 0 Å². The maximum atomic E-state index is 10.3. The van der Waals surface area contributed by atoms with Crippen molar-refractivity contribution in [2.75, 3.05) is 0 Å². The first-order valence-electron chi connectivity index (χ1n) is 6.16. The van der Waals surface area contributed by atoms with E-state index in [9.17, 15) is 4.79 Å². The average molecular weight is 244 g/mol. The van der Waals surface area contributed by atoms with E-state index in [1.54, 1.807) is 6.08 Å². The summed E-state index contributed by atoms with van der Waals surface area (Å²) in [5.41, 5.74) is 3.52. The summed E-state index contributed by atoms with van der Waals surface area (Å²) < 4.78 is 0. The lowest BCUT2D eigenvalue weighted by atomic mass is 9.99. The Bertz CT molecular complexity index is 450. The molecule has 0 aromatic heterocycles. The number of allylic oxidation sites excluding steroid dienone is 3. The number of hydrogen-bond acceptors (Lipinski definition) is 1. The van der Waals surface area contributed by atoms with Crippen molar-refractivity contribution >= 4 is 11.5 Å². The Hall–Kier alpha value is -1.83. The van der Waals surface area contributed by atoms with Crippen molar-refractivity contribution in [2.24, 2.45) is 5.92 Å². The first-order chi connectivity index (χ1) is 8.49. The fourth-order valence-corrected chi connectivity index (χ4v) is 1.75. The Balaban J connectivity index is 2.75. The molecule has 2 heteroatoms. The molecular weight excluding hydrogens is 224 g/mol. The van der Waals surface area contributed by atoms with Gasteiger partial charge in [0.25, 0.3) is 0 Å². The van der Waals surface area contributed by atoms with E-state index in [0.717, 1.165) is 23.6 Å². The van der Waals surface area contributed by atoms with Crippen LogP contribution in [-0.4, -0.2) is 11.1 Å². The largest absolute Gasteiger partial charge is 0.478 e. The van der Waals surface area contributed by atoms with Crippen LogP contribution in [0.15, 0.2) is 42.5 Å². The molecule has 0 spiro atoms. The summed E-state index contributed by atoms with van der Waals surface area (Å²) in [7, 11) is 0. The predicted molar refractivity (Wildman–Crippen MR) is 75.4 cm³/mol. The van der Waals surface area contributed by atoms with Crippen LogP contribution in [0.3, 0.4) is 0 Å². The summed E-state index contributed by atoms with van der Waals surface area (Å²) >= 11 is 0. The summed E-state index contributed by atoms with van der Waals surface area (Å²) in [6, 6.07) is 8.43. The number of carbonyl (C=O) groups is 1. The van der Waals surface area contributed by atoms with Crippen LogP contribution in [0.2, 0.25) is 0 Å². The van der Waals surface area contributed by atoms with Gasteiger partial charge in [0.2, 0.25) is 0 Å². The molecule has 1 rings (SSSR count). The quantitative estimate of drug-likeness (QED) is 0.629. The molecule has 0 fully saturated rings. The lowest BCUT2D eigenvalue weighted by molar-refractivity contribution is -0.131. The minimum Gasteiger partial charge on any atom is -0.478 e. The monoisotopic (exact) mass is 244 g/mol. The van der Waals surface area contributed by atoms with Crippen LogP contribution >= 0.6 is 0 Å². The van der Waals surface area contributed by atoms with E-state index in [4.69, 9.17) is 5.11 Å². The lowest BCUT2D eigenvalue weighted by Gasteiger charge is -2.06. The number of carboxylic acids is 1. The summed E-state index contributed by atoms with van der Waals surface area (Å²) in [5.74, 6) is -0.266. The Morgan fingerprint density at radius 3 is 2.39 bits per heavy atom. The minimum absolute atomic E-state index is 0.658. The maximum absolute atomic E-state index is 10.3. The first-order valence-corrected chi connectivity index (χ1v) is 6.16. The Morgan fingerprint density at radius 1 is 1.28 bits per heavy atom. The molecule has 2 nitrogen and oxygen atoms in total. The second-order valence-corrected chi connectivity index (χ2v) is 4.84. The third-order valence-corrected chi connectivity index (χ3v) is 2.64. The van der Waals surface area contributed by atoms with Crippen molar-refractivity contribution in [3.05, 3.63) is 53.6 Å². The van der Waals surface area contributed by atoms with E-state index in [1.807, 2.05) is 13.0 Å². The summed E-state index contributed by atoms with van der Waals surface area (Å²) in [6.45, 7) is 6.38. The van der Waals surface area contributed by atoms with Crippen molar-refractivity contribution in [2.45, 2.75) is 27.2 Å². The van der Waals surface area contributed by atoms with Gasteiger partial charge in [-0.25, -0.2) is 4.79 Å². The van der Waals surface area contributed by atoms with Gasteiger partial charge in [0, 0.05) is 6.08 Å². The molecule has 0 aliphatic carbocycles. The maximum Gasteiger partial charge on any atom is 0.328 e.